The molecule has 0 bridgehead atoms. The van der Waals surface area contributed by atoms with Gasteiger partial charge in [0.05, 0.1) is 11.3 Å². The smallest absolute Gasteiger partial charge is 0.236 e. The summed E-state index contributed by atoms with van der Waals surface area (Å²) in [4.78, 5) is 16.3. The minimum Gasteiger partial charge on any atom is -0.361 e. The Labute approximate surface area is 140 Å². The van der Waals surface area contributed by atoms with Gasteiger partial charge in [-0.3, -0.25) is 4.79 Å². The second kappa shape index (κ2) is 5.71. The van der Waals surface area contributed by atoms with Crippen LogP contribution in [0.2, 0.25) is 0 Å². The van der Waals surface area contributed by atoms with Gasteiger partial charge in [0.2, 0.25) is 5.91 Å². The van der Waals surface area contributed by atoms with Crippen LogP contribution in [-0.2, 0) is 11.2 Å². The summed E-state index contributed by atoms with van der Waals surface area (Å²) in [6.07, 6.45) is 2.84. The van der Waals surface area contributed by atoms with Gasteiger partial charge in [-0.25, -0.2) is 0 Å². The van der Waals surface area contributed by atoms with E-state index in [1.807, 2.05) is 17.9 Å². The Balaban J connectivity index is 1.53. The summed E-state index contributed by atoms with van der Waals surface area (Å²) in [6, 6.07) is 8.51. The Bertz CT molecular complexity index is 755. The number of carbonyl (C=O) groups is 1. The van der Waals surface area contributed by atoms with E-state index in [1.54, 1.807) is 11.8 Å². The number of nitrogens with zero attached hydrogens (tertiary/aromatic N) is 2. The molecule has 3 heterocycles. The SMILES string of the molecule is Cc1ccc2c(c1)SC(C(=O)N1CCCC1c1cc(C)on1)C2. The van der Waals surface area contributed by atoms with Crippen LogP contribution in [0, 0.1) is 13.8 Å². The number of likely N-dealkylation sites (tertiary alicyclic amines) is 1. The van der Waals surface area contributed by atoms with Crippen LogP contribution in [0.25, 0.3) is 0 Å². The predicted molar refractivity (Wildman–Crippen MR) is 89.5 cm³/mol. The summed E-state index contributed by atoms with van der Waals surface area (Å²) in [5, 5.41) is 4.13. The molecule has 1 saturated heterocycles. The first-order valence-corrected chi connectivity index (χ1v) is 8.99. The van der Waals surface area contributed by atoms with Crippen molar-refractivity contribution < 1.29 is 9.32 Å². The maximum atomic E-state index is 13.0. The van der Waals surface area contributed by atoms with Crippen molar-refractivity contribution in [3.8, 4) is 0 Å². The van der Waals surface area contributed by atoms with Gasteiger partial charge in [-0.2, -0.15) is 0 Å². The van der Waals surface area contributed by atoms with Gasteiger partial charge in [0, 0.05) is 17.5 Å². The monoisotopic (exact) mass is 328 g/mol. The third-order valence-electron chi connectivity index (χ3n) is 4.70. The van der Waals surface area contributed by atoms with E-state index in [1.165, 1.54) is 16.0 Å². The lowest BCUT2D eigenvalue weighted by atomic mass is 10.1. The fourth-order valence-corrected chi connectivity index (χ4v) is 4.90. The highest BCUT2D eigenvalue weighted by Gasteiger charge is 2.38. The van der Waals surface area contributed by atoms with Crippen LogP contribution in [0.5, 0.6) is 0 Å². The number of amides is 1. The predicted octanol–water partition coefficient (Wildman–Crippen LogP) is 3.67. The first kappa shape index (κ1) is 14.8. The van der Waals surface area contributed by atoms with Gasteiger partial charge in [0.1, 0.15) is 11.5 Å². The van der Waals surface area contributed by atoms with Crippen LogP contribution in [0.1, 0.15) is 41.5 Å². The second-order valence-electron chi connectivity index (χ2n) is 6.47. The number of hydrogen-bond donors (Lipinski definition) is 0. The van der Waals surface area contributed by atoms with Gasteiger partial charge in [0.15, 0.2) is 0 Å². The third kappa shape index (κ3) is 2.67. The second-order valence-corrected chi connectivity index (χ2v) is 7.72. The van der Waals surface area contributed by atoms with Crippen molar-refractivity contribution in [2.45, 2.75) is 49.3 Å². The Kier molecular flexibility index (Phi) is 3.68. The summed E-state index contributed by atoms with van der Waals surface area (Å²) in [6.45, 7) is 4.81. The van der Waals surface area contributed by atoms with Gasteiger partial charge in [-0.1, -0.05) is 22.9 Å². The quantitative estimate of drug-likeness (QED) is 0.844. The third-order valence-corrected chi connectivity index (χ3v) is 5.98. The number of hydrogen-bond acceptors (Lipinski definition) is 4. The van der Waals surface area contributed by atoms with Gasteiger partial charge in [-0.05, 0) is 44.7 Å². The van der Waals surface area contributed by atoms with Crippen molar-refractivity contribution in [3.63, 3.8) is 0 Å². The van der Waals surface area contributed by atoms with Crippen LogP contribution < -0.4 is 0 Å². The van der Waals surface area contributed by atoms with Gasteiger partial charge >= 0.3 is 0 Å². The largest absolute Gasteiger partial charge is 0.361 e. The number of thioether (sulfide) groups is 1. The molecule has 0 N–H and O–H groups in total. The molecule has 2 aliphatic heterocycles. The van der Waals surface area contributed by atoms with Crippen LogP contribution in [0.3, 0.4) is 0 Å². The summed E-state index contributed by atoms with van der Waals surface area (Å²) < 4.78 is 5.20. The molecule has 2 unspecified atom stereocenters. The molecule has 1 fully saturated rings. The maximum absolute atomic E-state index is 13.0. The minimum absolute atomic E-state index is 0.000368. The molecule has 23 heavy (non-hydrogen) atoms. The average Bonchev–Trinajstić information content (AvgIpc) is 3.23. The highest BCUT2D eigenvalue weighted by atomic mass is 32.2. The van der Waals surface area contributed by atoms with E-state index in [2.05, 4.69) is 30.3 Å². The number of carbonyl (C=O) groups excluding carboxylic acids is 1. The van der Waals surface area contributed by atoms with Crippen LogP contribution in [0.15, 0.2) is 33.7 Å². The number of aryl methyl sites for hydroxylation is 2. The Morgan fingerprint density at radius 3 is 3.00 bits per heavy atom. The Morgan fingerprint density at radius 2 is 2.22 bits per heavy atom. The molecular weight excluding hydrogens is 308 g/mol. The van der Waals surface area contributed by atoms with Crippen molar-refractivity contribution in [1.29, 1.82) is 0 Å². The Morgan fingerprint density at radius 1 is 1.35 bits per heavy atom. The molecule has 0 saturated carbocycles. The molecule has 1 amide bonds. The lowest BCUT2D eigenvalue weighted by molar-refractivity contribution is -0.131. The summed E-state index contributed by atoms with van der Waals surface area (Å²) in [7, 11) is 0. The molecule has 120 valence electrons. The average molecular weight is 328 g/mol. The van der Waals surface area contributed by atoms with Gasteiger partial charge < -0.3 is 9.42 Å². The van der Waals surface area contributed by atoms with Gasteiger partial charge in [0.25, 0.3) is 0 Å². The molecule has 0 aliphatic carbocycles. The fraction of sp³-hybridized carbons (Fsp3) is 0.444. The van der Waals surface area contributed by atoms with Crippen molar-refractivity contribution in [2.75, 3.05) is 6.54 Å². The van der Waals surface area contributed by atoms with E-state index in [0.29, 0.717) is 0 Å². The Hall–Kier alpha value is -1.75. The molecule has 2 aromatic rings. The molecule has 0 spiro atoms. The van der Waals surface area contributed by atoms with E-state index in [0.717, 1.165) is 37.3 Å². The molecule has 4 nitrogen and oxygen atoms in total. The zero-order chi connectivity index (χ0) is 16.0. The summed E-state index contributed by atoms with van der Waals surface area (Å²) in [5.41, 5.74) is 3.44. The van der Waals surface area contributed by atoms with Crippen molar-refractivity contribution >= 4 is 17.7 Å². The van der Waals surface area contributed by atoms with Crippen LogP contribution in [-0.4, -0.2) is 27.8 Å². The number of rotatable bonds is 2. The zero-order valence-corrected chi connectivity index (χ0v) is 14.2. The topological polar surface area (TPSA) is 46.3 Å². The highest BCUT2D eigenvalue weighted by molar-refractivity contribution is 8.01. The van der Waals surface area contributed by atoms with Crippen LogP contribution >= 0.6 is 11.8 Å². The molecule has 1 aromatic carbocycles. The number of benzene rings is 1. The minimum atomic E-state index is 0.000368. The van der Waals surface area contributed by atoms with E-state index >= 15 is 0 Å². The molecule has 2 atom stereocenters. The fourth-order valence-electron chi connectivity index (χ4n) is 3.54. The standard InChI is InChI=1S/C18H20N2O2S/c1-11-5-6-13-10-17(23-16(13)8-11)18(21)20-7-3-4-15(20)14-9-12(2)22-19-14/h5-6,8-9,15,17H,3-4,7,10H2,1-2H3. The lowest BCUT2D eigenvalue weighted by Gasteiger charge is -2.25. The van der Waals surface area contributed by atoms with Crippen molar-refractivity contribution in [1.82, 2.24) is 10.1 Å². The molecule has 5 heteroatoms. The summed E-state index contributed by atoms with van der Waals surface area (Å²) in [5.74, 6) is 1.05. The van der Waals surface area contributed by atoms with E-state index in [9.17, 15) is 4.79 Å². The molecule has 2 aliphatic rings. The molecule has 4 rings (SSSR count). The lowest BCUT2D eigenvalue weighted by Crippen LogP contribution is -2.37. The van der Waals surface area contributed by atoms with E-state index in [4.69, 9.17) is 4.52 Å². The first-order chi connectivity index (χ1) is 11.1. The molecule has 1 aromatic heterocycles. The van der Waals surface area contributed by atoms with E-state index < -0.39 is 0 Å². The van der Waals surface area contributed by atoms with Crippen molar-refractivity contribution in [3.05, 3.63) is 46.8 Å². The number of fused-ring (bicyclic) bond motifs is 1. The zero-order valence-electron chi connectivity index (χ0n) is 13.4. The summed E-state index contributed by atoms with van der Waals surface area (Å²) >= 11 is 1.71. The first-order valence-electron chi connectivity index (χ1n) is 8.12. The molecule has 0 radical (unpaired) electrons. The van der Waals surface area contributed by atoms with Crippen molar-refractivity contribution in [2.24, 2.45) is 0 Å². The maximum Gasteiger partial charge on any atom is 0.236 e. The number of aromatic nitrogens is 1. The van der Waals surface area contributed by atoms with Gasteiger partial charge in [-0.15, -0.1) is 11.8 Å². The molecular formula is C18H20N2O2S. The normalized spacial score (nSPS) is 23.3. The van der Waals surface area contributed by atoms with Crippen LogP contribution in [0.4, 0.5) is 0 Å². The van der Waals surface area contributed by atoms with E-state index in [-0.39, 0.29) is 17.2 Å². The highest BCUT2D eigenvalue weighted by Crippen LogP contribution is 2.41.